The summed E-state index contributed by atoms with van der Waals surface area (Å²) in [6, 6.07) is 0. The van der Waals surface area contributed by atoms with Crippen molar-refractivity contribution in [3.63, 3.8) is 0 Å². The fraction of sp³-hybridized carbons (Fsp3) is 0.600. The first-order chi connectivity index (χ1) is 8.16. The molecule has 17 heavy (non-hydrogen) atoms. The predicted octanol–water partition coefficient (Wildman–Crippen LogP) is -0.399. The number of aliphatic carboxylic acids is 1. The number of rotatable bonds is 5. The van der Waals surface area contributed by atoms with Crippen LogP contribution in [0.3, 0.4) is 0 Å². The summed E-state index contributed by atoms with van der Waals surface area (Å²) >= 11 is 0. The Kier molecular flexibility index (Phi) is 3.36. The largest absolute Gasteiger partial charge is 0.481 e. The molecule has 0 bridgehead atoms. The number of aromatic nitrogens is 3. The molecule has 1 N–H and O–H groups in total. The fourth-order valence-corrected chi connectivity index (χ4v) is 1.93. The molecule has 1 aliphatic rings. The van der Waals surface area contributed by atoms with Crippen LogP contribution in [0.1, 0.15) is 12.8 Å². The van der Waals surface area contributed by atoms with Gasteiger partial charge in [-0.25, -0.2) is 4.98 Å². The molecule has 0 aromatic carbocycles. The number of carboxylic acid groups (broad SMARTS) is 1. The van der Waals surface area contributed by atoms with Crippen LogP contribution in [0.2, 0.25) is 0 Å². The molecule has 2 rings (SSSR count). The van der Waals surface area contributed by atoms with Crippen molar-refractivity contribution in [2.24, 2.45) is 5.92 Å². The Bertz CT molecular complexity index is 404. The summed E-state index contributed by atoms with van der Waals surface area (Å²) in [6.07, 6.45) is 3.95. The zero-order valence-electron chi connectivity index (χ0n) is 9.32. The normalized spacial score (nSPS) is 19.9. The van der Waals surface area contributed by atoms with Crippen molar-refractivity contribution in [1.82, 2.24) is 19.7 Å². The summed E-state index contributed by atoms with van der Waals surface area (Å²) in [5, 5.41) is 12.8. The van der Waals surface area contributed by atoms with Gasteiger partial charge in [0.1, 0.15) is 12.7 Å². The third kappa shape index (κ3) is 2.80. The van der Waals surface area contributed by atoms with Crippen LogP contribution in [0, 0.1) is 5.92 Å². The van der Waals surface area contributed by atoms with Gasteiger partial charge in [-0.3, -0.25) is 14.3 Å². The van der Waals surface area contributed by atoms with Gasteiger partial charge in [0.25, 0.3) is 0 Å². The molecular weight excluding hydrogens is 224 g/mol. The van der Waals surface area contributed by atoms with E-state index in [1.807, 2.05) is 0 Å². The van der Waals surface area contributed by atoms with Gasteiger partial charge in [-0.15, -0.1) is 0 Å². The van der Waals surface area contributed by atoms with E-state index in [2.05, 4.69) is 10.1 Å². The van der Waals surface area contributed by atoms with E-state index in [0.29, 0.717) is 19.6 Å². The summed E-state index contributed by atoms with van der Waals surface area (Å²) in [5.74, 6) is -1.51. The first kappa shape index (κ1) is 11.6. The summed E-state index contributed by atoms with van der Waals surface area (Å²) in [5.41, 5.74) is 0. The van der Waals surface area contributed by atoms with Crippen LogP contribution in [0.5, 0.6) is 0 Å². The highest BCUT2D eigenvalue weighted by atomic mass is 16.4. The molecule has 1 amide bonds. The number of likely N-dealkylation sites (tertiary alicyclic amines) is 1. The average molecular weight is 238 g/mol. The molecule has 7 heteroatoms. The minimum atomic E-state index is -0.892. The molecule has 92 valence electrons. The minimum Gasteiger partial charge on any atom is -0.481 e. The number of aryl methyl sites for hydroxylation is 1. The quantitative estimate of drug-likeness (QED) is 0.754. The summed E-state index contributed by atoms with van der Waals surface area (Å²) < 4.78 is 1.69. The van der Waals surface area contributed by atoms with Crippen molar-refractivity contribution in [1.29, 1.82) is 0 Å². The van der Waals surface area contributed by atoms with Crippen LogP contribution in [0.15, 0.2) is 12.7 Å². The van der Waals surface area contributed by atoms with E-state index in [1.54, 1.807) is 15.9 Å². The van der Waals surface area contributed by atoms with E-state index in [9.17, 15) is 9.59 Å². The van der Waals surface area contributed by atoms with Gasteiger partial charge in [-0.2, -0.15) is 5.10 Å². The number of carbonyl (C=O) groups excluding carboxylic acids is 1. The van der Waals surface area contributed by atoms with Crippen molar-refractivity contribution in [3.05, 3.63) is 12.7 Å². The maximum atomic E-state index is 11.5. The molecule has 0 saturated carbocycles. The fourth-order valence-electron chi connectivity index (χ4n) is 1.93. The van der Waals surface area contributed by atoms with Crippen molar-refractivity contribution in [2.45, 2.75) is 19.4 Å². The van der Waals surface area contributed by atoms with Crippen LogP contribution < -0.4 is 0 Å². The lowest BCUT2D eigenvalue weighted by Gasteiger charge is -2.15. The molecule has 1 aliphatic heterocycles. The first-order valence-electron chi connectivity index (χ1n) is 5.50. The third-order valence-electron chi connectivity index (χ3n) is 2.85. The number of carboxylic acids is 1. The lowest BCUT2D eigenvalue weighted by molar-refractivity contribution is -0.141. The summed E-state index contributed by atoms with van der Waals surface area (Å²) in [6.45, 7) is 1.58. The van der Waals surface area contributed by atoms with Crippen molar-refractivity contribution < 1.29 is 14.7 Å². The number of hydrogen-bond acceptors (Lipinski definition) is 4. The van der Waals surface area contributed by atoms with Crippen molar-refractivity contribution in [3.8, 4) is 0 Å². The van der Waals surface area contributed by atoms with Crippen LogP contribution in [-0.2, 0) is 16.1 Å². The molecular formula is C10H14N4O3. The van der Waals surface area contributed by atoms with Crippen LogP contribution in [0.25, 0.3) is 0 Å². The van der Waals surface area contributed by atoms with Gasteiger partial charge in [0, 0.05) is 26.1 Å². The Labute approximate surface area is 98.0 Å². The van der Waals surface area contributed by atoms with E-state index < -0.39 is 11.9 Å². The summed E-state index contributed by atoms with van der Waals surface area (Å²) in [7, 11) is 0. The monoisotopic (exact) mass is 238 g/mol. The van der Waals surface area contributed by atoms with Crippen molar-refractivity contribution in [2.75, 3.05) is 13.1 Å². The Hall–Kier alpha value is -1.92. The van der Waals surface area contributed by atoms with E-state index in [4.69, 9.17) is 5.11 Å². The number of amides is 1. The van der Waals surface area contributed by atoms with E-state index in [-0.39, 0.29) is 12.3 Å². The van der Waals surface area contributed by atoms with Gasteiger partial charge >= 0.3 is 5.97 Å². The highest BCUT2D eigenvalue weighted by molar-refractivity contribution is 5.86. The third-order valence-corrected chi connectivity index (χ3v) is 2.85. The maximum Gasteiger partial charge on any atom is 0.308 e. The van der Waals surface area contributed by atoms with Crippen molar-refractivity contribution >= 4 is 11.9 Å². The summed E-state index contributed by atoms with van der Waals surface area (Å²) in [4.78, 5) is 27.7. The standard InChI is InChI=1S/C10H14N4O3/c15-9-4-8(10(16)17)5-13(9)2-1-3-14-7-11-6-12-14/h6-8H,1-5H2,(H,16,17)/t8-/m0/s1. The molecule has 1 aromatic rings. The molecule has 0 unspecified atom stereocenters. The Balaban J connectivity index is 1.76. The number of carbonyl (C=O) groups is 2. The Morgan fingerprint density at radius 1 is 1.53 bits per heavy atom. The lowest BCUT2D eigenvalue weighted by atomic mass is 10.1. The van der Waals surface area contributed by atoms with Gasteiger partial charge in [0.2, 0.25) is 5.91 Å². The topological polar surface area (TPSA) is 88.3 Å². The predicted molar refractivity (Wildman–Crippen MR) is 57.0 cm³/mol. The Morgan fingerprint density at radius 3 is 2.94 bits per heavy atom. The number of nitrogens with zero attached hydrogens (tertiary/aromatic N) is 4. The van der Waals surface area contributed by atoms with Crippen LogP contribution >= 0.6 is 0 Å². The molecule has 0 spiro atoms. The van der Waals surface area contributed by atoms with Gasteiger partial charge in [-0.05, 0) is 6.42 Å². The SMILES string of the molecule is O=C(O)[C@H]1CC(=O)N(CCCn2cncn2)C1. The van der Waals surface area contributed by atoms with Gasteiger partial charge in [-0.1, -0.05) is 0 Å². The molecule has 1 saturated heterocycles. The zero-order valence-corrected chi connectivity index (χ0v) is 9.32. The minimum absolute atomic E-state index is 0.0732. The Morgan fingerprint density at radius 2 is 2.35 bits per heavy atom. The van der Waals surface area contributed by atoms with E-state index in [0.717, 1.165) is 6.42 Å². The highest BCUT2D eigenvalue weighted by Gasteiger charge is 2.33. The second kappa shape index (κ2) is 4.94. The molecule has 2 heterocycles. The molecule has 0 radical (unpaired) electrons. The molecule has 1 aromatic heterocycles. The zero-order chi connectivity index (χ0) is 12.3. The van der Waals surface area contributed by atoms with E-state index in [1.165, 1.54) is 6.33 Å². The van der Waals surface area contributed by atoms with E-state index >= 15 is 0 Å². The molecule has 1 atom stereocenters. The lowest BCUT2D eigenvalue weighted by Crippen LogP contribution is -2.28. The second-order valence-corrected chi connectivity index (χ2v) is 4.09. The maximum absolute atomic E-state index is 11.5. The smallest absolute Gasteiger partial charge is 0.308 e. The second-order valence-electron chi connectivity index (χ2n) is 4.09. The highest BCUT2D eigenvalue weighted by Crippen LogP contribution is 2.17. The molecule has 7 nitrogen and oxygen atoms in total. The van der Waals surface area contributed by atoms with Crippen LogP contribution in [0.4, 0.5) is 0 Å². The number of hydrogen-bond donors (Lipinski definition) is 1. The van der Waals surface area contributed by atoms with Crippen LogP contribution in [-0.4, -0.2) is 49.7 Å². The molecule has 0 aliphatic carbocycles. The first-order valence-corrected chi connectivity index (χ1v) is 5.50. The van der Waals surface area contributed by atoms with Gasteiger partial charge in [0.05, 0.1) is 5.92 Å². The van der Waals surface area contributed by atoms with Gasteiger partial charge in [0.15, 0.2) is 0 Å². The van der Waals surface area contributed by atoms with Gasteiger partial charge < -0.3 is 10.0 Å². The molecule has 1 fully saturated rings. The average Bonchev–Trinajstić information content (AvgIpc) is 2.89.